The van der Waals surface area contributed by atoms with Gasteiger partial charge >= 0.3 is 0 Å². The molecule has 0 aromatic heterocycles. The number of fused-ring (bicyclic) bond motifs is 2. The predicted octanol–water partition coefficient (Wildman–Crippen LogP) is 5.07. The fraction of sp³-hybridized carbons (Fsp3) is 0.458. The molecule has 34 heavy (non-hydrogen) atoms. The van der Waals surface area contributed by atoms with E-state index in [-0.39, 0.29) is 37.0 Å². The number of halogens is 3. The van der Waals surface area contributed by atoms with Gasteiger partial charge in [-0.2, -0.15) is 0 Å². The molecule has 0 saturated carbocycles. The van der Waals surface area contributed by atoms with Crippen LogP contribution < -0.4 is 5.32 Å². The van der Waals surface area contributed by atoms with Crippen LogP contribution in [0.2, 0.25) is 10.0 Å². The first-order chi connectivity index (χ1) is 15.6. The third-order valence-corrected chi connectivity index (χ3v) is 7.10. The molecule has 2 aromatic rings. The third-order valence-electron chi connectivity index (χ3n) is 6.57. The van der Waals surface area contributed by atoms with Gasteiger partial charge in [0.25, 0.3) is 5.91 Å². The summed E-state index contributed by atoms with van der Waals surface area (Å²) in [5, 5.41) is 25.3. The van der Waals surface area contributed by atoms with Crippen molar-refractivity contribution in [1.82, 2.24) is 4.90 Å². The number of likely N-dealkylation sites (tertiary alicyclic amines) is 1. The smallest absolute Gasteiger partial charge is 0.250 e. The fourth-order valence-electron chi connectivity index (χ4n) is 5.54. The summed E-state index contributed by atoms with van der Waals surface area (Å²) in [4.78, 5) is 27.6. The zero-order valence-electron chi connectivity index (χ0n) is 18.1. The van der Waals surface area contributed by atoms with Gasteiger partial charge in [0.05, 0.1) is 17.0 Å². The quantitative estimate of drug-likeness (QED) is 0.417. The maximum absolute atomic E-state index is 15.4. The van der Waals surface area contributed by atoms with Gasteiger partial charge in [-0.05, 0) is 30.5 Å². The molecule has 7 nitrogen and oxygen atoms in total. The lowest BCUT2D eigenvalue weighted by molar-refractivity contribution is -0.528. The molecule has 1 fully saturated rings. The Morgan fingerprint density at radius 2 is 2.00 bits per heavy atom. The van der Waals surface area contributed by atoms with Crippen LogP contribution >= 0.6 is 23.2 Å². The van der Waals surface area contributed by atoms with Gasteiger partial charge in [0.2, 0.25) is 6.04 Å². The molecule has 4 atom stereocenters. The van der Waals surface area contributed by atoms with Crippen molar-refractivity contribution in [2.45, 2.75) is 51.2 Å². The Morgan fingerprint density at radius 3 is 2.62 bits per heavy atom. The normalized spacial score (nSPS) is 26.0. The minimum absolute atomic E-state index is 0. The van der Waals surface area contributed by atoms with Crippen LogP contribution in [0.4, 0.5) is 10.1 Å². The van der Waals surface area contributed by atoms with Crippen molar-refractivity contribution in [1.29, 1.82) is 0 Å². The van der Waals surface area contributed by atoms with E-state index in [9.17, 15) is 20.0 Å². The summed E-state index contributed by atoms with van der Waals surface area (Å²) < 4.78 is 15.4. The molecule has 2 aromatic carbocycles. The highest BCUT2D eigenvalue weighted by atomic mass is 35.5. The number of hydrogen-bond acceptors (Lipinski definition) is 5. The molecule has 1 saturated heterocycles. The zero-order valence-corrected chi connectivity index (χ0v) is 19.6. The molecule has 1 amide bonds. The van der Waals surface area contributed by atoms with E-state index in [1.807, 2.05) is 13.8 Å². The van der Waals surface area contributed by atoms with Gasteiger partial charge < -0.3 is 10.4 Å². The first-order valence-electron chi connectivity index (χ1n) is 10.7. The number of aliphatic hydroxyl groups excluding tert-OH is 1. The maximum Gasteiger partial charge on any atom is 0.250 e. The Kier molecular flexibility index (Phi) is 7.57. The minimum Gasteiger partial charge on any atom is -0.396 e. The van der Waals surface area contributed by atoms with E-state index in [1.54, 1.807) is 23.1 Å². The number of hydrogen-bond donors (Lipinski definition) is 2. The summed E-state index contributed by atoms with van der Waals surface area (Å²) in [6.07, 6.45) is 0.0506. The van der Waals surface area contributed by atoms with Crippen molar-refractivity contribution in [2.24, 2.45) is 5.92 Å². The average molecular weight is 512 g/mol. The Bertz CT molecular complexity index is 1120. The Morgan fingerprint density at radius 1 is 1.29 bits per heavy atom. The van der Waals surface area contributed by atoms with Gasteiger partial charge in [-0.1, -0.05) is 62.7 Å². The number of rotatable bonds is 6. The number of benzene rings is 2. The minimum atomic E-state index is -1.58. The highest BCUT2D eigenvalue weighted by Crippen LogP contribution is 2.59. The largest absolute Gasteiger partial charge is 0.396 e. The van der Waals surface area contributed by atoms with Gasteiger partial charge in [-0.3, -0.25) is 19.8 Å². The lowest BCUT2D eigenvalue weighted by atomic mass is 9.73. The molecule has 4 rings (SSSR count). The van der Waals surface area contributed by atoms with Crippen LogP contribution in [-0.2, 0) is 10.3 Å². The predicted molar refractivity (Wildman–Crippen MR) is 130 cm³/mol. The van der Waals surface area contributed by atoms with Crippen molar-refractivity contribution in [2.75, 3.05) is 18.5 Å². The number of carbonyl (C=O) groups excluding carboxylic acids is 1. The van der Waals surface area contributed by atoms with Gasteiger partial charge in [-0.25, -0.2) is 4.39 Å². The van der Waals surface area contributed by atoms with E-state index in [2.05, 4.69) is 5.32 Å². The van der Waals surface area contributed by atoms with E-state index in [4.69, 9.17) is 23.2 Å². The molecule has 0 radical (unpaired) electrons. The van der Waals surface area contributed by atoms with Crippen molar-refractivity contribution in [3.05, 3.63) is 73.5 Å². The lowest BCUT2D eigenvalue weighted by Gasteiger charge is -2.39. The number of carbonyl (C=O) groups is 1. The monoisotopic (exact) mass is 511 g/mol. The molecular formula is C24H28Cl2FN3O4. The van der Waals surface area contributed by atoms with Crippen LogP contribution in [0, 0.1) is 21.8 Å². The molecule has 0 aliphatic carbocycles. The number of aliphatic hydroxyl groups is 1. The lowest BCUT2D eigenvalue weighted by Crippen LogP contribution is -2.53. The Labute approximate surface area is 208 Å². The average Bonchev–Trinajstić information content (AvgIpc) is 3.17. The summed E-state index contributed by atoms with van der Waals surface area (Å²) in [6.45, 7) is 3.88. The Balaban J connectivity index is 0.00000324. The second kappa shape index (κ2) is 9.77. The maximum atomic E-state index is 15.4. The van der Waals surface area contributed by atoms with E-state index < -0.39 is 40.2 Å². The number of amides is 1. The number of nitro groups is 1. The molecular weight excluding hydrogens is 484 g/mol. The summed E-state index contributed by atoms with van der Waals surface area (Å²) in [6, 6.07) is 7.01. The van der Waals surface area contributed by atoms with E-state index >= 15 is 4.39 Å². The number of nitrogens with one attached hydrogen (secondary N) is 1. The first-order valence-corrected chi connectivity index (χ1v) is 11.5. The summed E-state index contributed by atoms with van der Waals surface area (Å²) in [7, 11) is 0. The van der Waals surface area contributed by atoms with Gasteiger partial charge in [-0.15, -0.1) is 0 Å². The second-order valence-electron chi connectivity index (χ2n) is 8.93. The number of nitrogens with zero attached hydrogens (tertiary/aromatic N) is 2. The number of anilines is 1. The second-order valence-corrected chi connectivity index (χ2v) is 9.78. The van der Waals surface area contributed by atoms with Gasteiger partial charge in [0, 0.05) is 39.9 Å². The van der Waals surface area contributed by atoms with Crippen molar-refractivity contribution >= 4 is 34.8 Å². The topological polar surface area (TPSA) is 95.7 Å². The highest BCUT2D eigenvalue weighted by molar-refractivity contribution is 6.31. The van der Waals surface area contributed by atoms with Crippen molar-refractivity contribution in [3.63, 3.8) is 0 Å². The zero-order chi connectivity index (χ0) is 24.1. The van der Waals surface area contributed by atoms with E-state index in [0.717, 1.165) is 0 Å². The van der Waals surface area contributed by atoms with Crippen LogP contribution in [0.25, 0.3) is 0 Å². The molecule has 0 bridgehead atoms. The molecule has 2 aliphatic rings. The summed E-state index contributed by atoms with van der Waals surface area (Å²) >= 11 is 12.2. The molecule has 2 N–H and O–H groups in total. The molecule has 184 valence electrons. The molecule has 1 spiro atoms. The third kappa shape index (κ3) is 3.86. The van der Waals surface area contributed by atoms with Crippen LogP contribution in [0.15, 0.2) is 36.4 Å². The molecule has 0 unspecified atom stereocenters. The van der Waals surface area contributed by atoms with Gasteiger partial charge in [0.15, 0.2) is 0 Å². The molecule has 2 heterocycles. The summed E-state index contributed by atoms with van der Waals surface area (Å²) in [5.74, 6) is -2.44. The SMILES string of the molecule is C.CC(C)CN1[C@@H](CCO)[C@@H]([N+](=O)[O-])[C@H](c2cccc(Cl)c2F)[C@]12C(=O)Nc1cc(Cl)ccc12. The first kappa shape index (κ1) is 26.3. The molecule has 2 aliphatic heterocycles. The Hall–Kier alpha value is -2.26. The fourth-order valence-corrected chi connectivity index (χ4v) is 5.90. The van der Waals surface area contributed by atoms with E-state index in [0.29, 0.717) is 22.8 Å². The van der Waals surface area contributed by atoms with Crippen LogP contribution in [-0.4, -0.2) is 46.1 Å². The van der Waals surface area contributed by atoms with Crippen LogP contribution in [0.3, 0.4) is 0 Å². The van der Waals surface area contributed by atoms with Crippen molar-refractivity contribution in [3.8, 4) is 0 Å². The highest BCUT2D eigenvalue weighted by Gasteiger charge is 2.71. The van der Waals surface area contributed by atoms with Gasteiger partial charge in [0.1, 0.15) is 11.4 Å². The van der Waals surface area contributed by atoms with Crippen LogP contribution in [0.1, 0.15) is 44.7 Å². The molecule has 10 heteroatoms. The standard InChI is InChI=1S/C23H24Cl2FN3O4.CH4/c1-12(2)11-28-18(8-9-30)21(29(32)33)19(14-4-3-5-16(25)20(14)26)23(28)15-7-6-13(24)10-17(15)27-22(23)31;/h3-7,10,12,18-19,21,30H,8-9,11H2,1-2H3,(H,27,31);1H4/t18-,19-,21+,23+;/m0./s1. The van der Waals surface area contributed by atoms with E-state index in [1.165, 1.54) is 18.2 Å². The van der Waals surface area contributed by atoms with Crippen LogP contribution in [0.5, 0.6) is 0 Å². The summed E-state index contributed by atoms with van der Waals surface area (Å²) in [5.41, 5.74) is -0.654. The van der Waals surface area contributed by atoms with Crippen molar-refractivity contribution < 1.29 is 19.2 Å².